The Balaban J connectivity index is 1.85. The Labute approximate surface area is 67.6 Å². The third kappa shape index (κ3) is 1.37. The molecule has 0 atom stereocenters. The molecule has 1 heterocycles. The first-order valence-electron chi connectivity index (χ1n) is 4.56. The fraction of sp³-hybridized carbons (Fsp3) is 1.00. The first kappa shape index (κ1) is 7.10. The summed E-state index contributed by atoms with van der Waals surface area (Å²) in [6.45, 7) is 0. The van der Waals surface area contributed by atoms with Crippen LogP contribution in [0.3, 0.4) is 0 Å². The molecule has 0 N–H and O–H groups in total. The maximum absolute atomic E-state index is 1.67. The SMILES string of the molecule is C1CCC([Si]2CCC[Si]2)C1. The summed E-state index contributed by atoms with van der Waals surface area (Å²) in [5, 5.41) is 0. The van der Waals surface area contributed by atoms with Gasteiger partial charge in [0.05, 0.1) is 0 Å². The molecule has 0 aromatic carbocycles. The number of hydrogen-bond acceptors (Lipinski definition) is 0. The average molecular weight is 167 g/mol. The predicted octanol–water partition coefficient (Wildman–Crippen LogP) is 2.45. The predicted molar refractivity (Wildman–Crippen MR) is 48.0 cm³/mol. The summed E-state index contributed by atoms with van der Waals surface area (Å²) in [6.07, 6.45) is 7.93. The molecule has 2 fully saturated rings. The molecule has 3 radical (unpaired) electrons. The van der Waals surface area contributed by atoms with Crippen LogP contribution in [0.4, 0.5) is 0 Å². The molecule has 2 heteroatoms. The van der Waals surface area contributed by atoms with E-state index in [2.05, 4.69) is 0 Å². The first-order valence-corrected chi connectivity index (χ1v) is 8.55. The maximum atomic E-state index is 1.67. The Morgan fingerprint density at radius 3 is 2.50 bits per heavy atom. The van der Waals surface area contributed by atoms with Crippen molar-refractivity contribution in [1.82, 2.24) is 0 Å². The van der Waals surface area contributed by atoms with Gasteiger partial charge in [-0.15, -0.1) is 0 Å². The van der Waals surface area contributed by atoms with Crippen LogP contribution in [-0.4, -0.2) is 17.4 Å². The first-order chi connectivity index (χ1) is 4.97. The van der Waals surface area contributed by atoms with Crippen molar-refractivity contribution >= 4 is 17.4 Å². The van der Waals surface area contributed by atoms with Crippen molar-refractivity contribution in [3.05, 3.63) is 0 Å². The molecule has 0 unspecified atom stereocenters. The van der Waals surface area contributed by atoms with Crippen LogP contribution in [0, 0.1) is 0 Å². The van der Waals surface area contributed by atoms with E-state index in [9.17, 15) is 0 Å². The van der Waals surface area contributed by atoms with Gasteiger partial charge in [-0.05, 0) is 5.54 Å². The standard InChI is InChI=1S/C8H15Si2/c1-2-5-8(4-1)10-7-3-6-9-10/h8H,1-7H2. The van der Waals surface area contributed by atoms with Gasteiger partial charge in [0.25, 0.3) is 0 Å². The lowest BCUT2D eigenvalue weighted by molar-refractivity contribution is 0.855. The molecule has 1 saturated heterocycles. The lowest BCUT2D eigenvalue weighted by Gasteiger charge is -2.13. The minimum Gasteiger partial charge on any atom is -0.0638 e. The molecule has 1 saturated carbocycles. The van der Waals surface area contributed by atoms with Crippen molar-refractivity contribution in [3.8, 4) is 0 Å². The average Bonchev–Trinajstić information content (AvgIpc) is 2.59. The highest BCUT2D eigenvalue weighted by Gasteiger charge is 2.28. The van der Waals surface area contributed by atoms with Crippen LogP contribution in [0.15, 0.2) is 0 Å². The van der Waals surface area contributed by atoms with E-state index in [0.717, 1.165) is 0 Å². The van der Waals surface area contributed by atoms with Crippen LogP contribution in [0.1, 0.15) is 32.1 Å². The van der Waals surface area contributed by atoms with Crippen LogP contribution in [0.5, 0.6) is 0 Å². The van der Waals surface area contributed by atoms with Crippen molar-refractivity contribution in [3.63, 3.8) is 0 Å². The van der Waals surface area contributed by atoms with Crippen LogP contribution >= 0.6 is 0 Å². The minimum absolute atomic E-state index is 0.238. The Morgan fingerprint density at radius 1 is 1.10 bits per heavy atom. The van der Waals surface area contributed by atoms with Crippen LogP contribution < -0.4 is 0 Å². The molecule has 0 nitrogen and oxygen atoms in total. The molecule has 10 heavy (non-hydrogen) atoms. The monoisotopic (exact) mass is 167 g/mol. The topological polar surface area (TPSA) is 0 Å². The fourth-order valence-corrected chi connectivity index (χ4v) is 10.1. The van der Waals surface area contributed by atoms with Crippen molar-refractivity contribution < 1.29 is 0 Å². The van der Waals surface area contributed by atoms with Gasteiger partial charge < -0.3 is 0 Å². The molecule has 0 amide bonds. The molecule has 0 spiro atoms. The molecule has 0 bridgehead atoms. The normalized spacial score (nSPS) is 30.0. The lowest BCUT2D eigenvalue weighted by Crippen LogP contribution is -2.20. The van der Waals surface area contributed by atoms with E-state index in [1.807, 2.05) is 0 Å². The zero-order valence-electron chi connectivity index (χ0n) is 6.53. The molecule has 1 aliphatic carbocycles. The smallest absolute Gasteiger partial charge is 0.0375 e. The summed E-state index contributed by atoms with van der Waals surface area (Å²) >= 11 is 0. The number of hydrogen-bond donors (Lipinski definition) is 0. The van der Waals surface area contributed by atoms with E-state index in [0.29, 0.717) is 0 Å². The van der Waals surface area contributed by atoms with Gasteiger partial charge >= 0.3 is 0 Å². The Kier molecular flexibility index (Phi) is 2.29. The van der Waals surface area contributed by atoms with Gasteiger partial charge in [-0.3, -0.25) is 0 Å². The van der Waals surface area contributed by atoms with Gasteiger partial charge in [0.15, 0.2) is 0 Å². The largest absolute Gasteiger partial charge is 0.0638 e. The van der Waals surface area contributed by atoms with E-state index >= 15 is 0 Å². The second-order valence-electron chi connectivity index (χ2n) is 3.54. The highest BCUT2D eigenvalue weighted by Crippen LogP contribution is 2.36. The van der Waals surface area contributed by atoms with Gasteiger partial charge in [-0.1, -0.05) is 44.2 Å². The quantitative estimate of drug-likeness (QED) is 0.526. The van der Waals surface area contributed by atoms with Gasteiger partial charge in [0.2, 0.25) is 0 Å². The lowest BCUT2D eigenvalue weighted by atomic mass is 10.4. The maximum Gasteiger partial charge on any atom is 0.0375 e. The van der Waals surface area contributed by atoms with Crippen LogP contribution in [-0.2, 0) is 0 Å². The van der Waals surface area contributed by atoms with Crippen molar-refractivity contribution in [2.24, 2.45) is 0 Å². The minimum atomic E-state index is 0.238. The second kappa shape index (κ2) is 3.22. The fourth-order valence-electron chi connectivity index (χ4n) is 2.24. The summed E-state index contributed by atoms with van der Waals surface area (Å²) in [7, 11) is 1.67. The van der Waals surface area contributed by atoms with Crippen molar-refractivity contribution in [2.75, 3.05) is 0 Å². The van der Waals surface area contributed by atoms with E-state index < -0.39 is 0 Å². The van der Waals surface area contributed by atoms with Gasteiger partial charge in [0, 0.05) is 17.4 Å². The Hall–Kier alpha value is 0.434. The summed E-state index contributed by atoms with van der Waals surface area (Å²) in [5.74, 6) is 0. The second-order valence-corrected chi connectivity index (χ2v) is 9.74. The van der Waals surface area contributed by atoms with Gasteiger partial charge in [-0.25, -0.2) is 0 Å². The summed E-state index contributed by atoms with van der Waals surface area (Å²) < 4.78 is 0. The van der Waals surface area contributed by atoms with E-state index in [4.69, 9.17) is 0 Å². The molecule has 1 aliphatic heterocycles. The highest BCUT2D eigenvalue weighted by molar-refractivity contribution is 7.14. The van der Waals surface area contributed by atoms with Crippen molar-refractivity contribution in [2.45, 2.75) is 49.7 Å². The van der Waals surface area contributed by atoms with Crippen molar-refractivity contribution in [1.29, 1.82) is 0 Å². The molecule has 2 rings (SSSR count). The molecule has 55 valence electrons. The molecule has 0 aromatic heterocycles. The summed E-state index contributed by atoms with van der Waals surface area (Å²) in [4.78, 5) is 0. The van der Waals surface area contributed by atoms with E-state index in [-0.39, 0.29) is 8.31 Å². The molecule has 0 aromatic rings. The van der Waals surface area contributed by atoms with Crippen LogP contribution in [0.2, 0.25) is 17.6 Å². The summed E-state index contributed by atoms with van der Waals surface area (Å²) in [6, 6.07) is 3.28. The van der Waals surface area contributed by atoms with E-state index in [1.165, 1.54) is 14.6 Å². The van der Waals surface area contributed by atoms with Crippen LogP contribution in [0.25, 0.3) is 0 Å². The molecular formula is C8H15Si2. The number of rotatable bonds is 1. The van der Waals surface area contributed by atoms with Gasteiger partial charge in [-0.2, -0.15) is 0 Å². The summed E-state index contributed by atoms with van der Waals surface area (Å²) in [5.41, 5.74) is 1.27. The molecule has 2 aliphatic rings. The third-order valence-electron chi connectivity index (χ3n) is 2.82. The molecular weight excluding hydrogens is 152 g/mol. The highest BCUT2D eigenvalue weighted by atomic mass is 29.2. The zero-order chi connectivity index (χ0) is 6.81. The Bertz CT molecular complexity index is 87.8. The zero-order valence-corrected chi connectivity index (χ0v) is 8.53. The van der Waals surface area contributed by atoms with E-state index in [1.54, 1.807) is 44.2 Å². The van der Waals surface area contributed by atoms with Gasteiger partial charge in [0.1, 0.15) is 0 Å². The Morgan fingerprint density at radius 2 is 1.90 bits per heavy atom. The third-order valence-corrected chi connectivity index (χ3v) is 10.4.